The van der Waals surface area contributed by atoms with Crippen molar-refractivity contribution < 1.29 is 4.79 Å². The summed E-state index contributed by atoms with van der Waals surface area (Å²) in [5.41, 5.74) is 6.18. The third-order valence-electron chi connectivity index (χ3n) is 4.41. The van der Waals surface area contributed by atoms with Crippen molar-refractivity contribution in [1.82, 2.24) is 25.1 Å². The number of aryl methyl sites for hydroxylation is 1. The molecule has 0 fully saturated rings. The van der Waals surface area contributed by atoms with Crippen molar-refractivity contribution >= 4 is 22.5 Å². The molecule has 0 aliphatic heterocycles. The number of allylic oxidation sites excluding steroid dienone is 4. The number of carbonyl (C=O) groups excluding carboxylic acids is 1. The van der Waals surface area contributed by atoms with Gasteiger partial charge in [-0.2, -0.15) is 5.10 Å². The number of aromatic amines is 1. The van der Waals surface area contributed by atoms with Gasteiger partial charge in [-0.15, -0.1) is 0 Å². The summed E-state index contributed by atoms with van der Waals surface area (Å²) in [4.78, 5) is 18.6. The quantitative estimate of drug-likeness (QED) is 0.772. The van der Waals surface area contributed by atoms with Crippen molar-refractivity contribution in [2.75, 3.05) is 0 Å². The molecule has 3 aromatic heterocycles. The lowest BCUT2D eigenvalue weighted by molar-refractivity contribution is -0.118. The number of H-pyrrole nitrogens is 1. The maximum Gasteiger partial charge on any atom is 0.220 e. The van der Waals surface area contributed by atoms with Crippen LogP contribution in [0.25, 0.3) is 22.3 Å². The van der Waals surface area contributed by atoms with E-state index >= 15 is 0 Å². The molecule has 0 saturated heterocycles. The molecule has 0 spiro atoms. The van der Waals surface area contributed by atoms with E-state index in [0.29, 0.717) is 0 Å². The molecule has 6 nitrogen and oxygen atoms in total. The van der Waals surface area contributed by atoms with Crippen LogP contribution in [-0.2, 0) is 4.79 Å². The normalized spacial score (nSPS) is 14.3. The zero-order valence-electron chi connectivity index (χ0n) is 14.2. The van der Waals surface area contributed by atoms with E-state index in [1.165, 1.54) is 12.5 Å². The fourth-order valence-electron chi connectivity index (χ4n) is 3.24. The predicted molar refractivity (Wildman–Crippen MR) is 97.1 cm³/mol. The molecule has 0 radical (unpaired) electrons. The Morgan fingerprint density at radius 1 is 1.28 bits per heavy atom. The number of hydrogen-bond acceptors (Lipinski definition) is 3. The molecule has 2 N–H and O–H groups in total. The van der Waals surface area contributed by atoms with E-state index in [1.54, 1.807) is 6.20 Å². The van der Waals surface area contributed by atoms with Crippen LogP contribution in [0.15, 0.2) is 48.6 Å². The summed E-state index contributed by atoms with van der Waals surface area (Å²) in [6.07, 6.45) is 11.5. The van der Waals surface area contributed by atoms with Gasteiger partial charge in [0.25, 0.3) is 0 Å². The standard InChI is InChI=1S/C19H19N5O/c1-12-17(14-3-5-15(6-4-14)22-13(2)25)11-24(23-12)18-8-10-21-19-16(18)7-9-20-19/h3,5,7-11H,4,6H2,1-2H3,(H,20,21)(H,22,25). The number of rotatable bonds is 3. The van der Waals surface area contributed by atoms with Gasteiger partial charge in [0.05, 0.1) is 11.4 Å². The van der Waals surface area contributed by atoms with Crippen molar-refractivity contribution in [3.63, 3.8) is 0 Å². The Labute approximate surface area is 145 Å². The number of fused-ring (bicyclic) bond motifs is 1. The molecule has 4 rings (SSSR count). The zero-order valence-corrected chi connectivity index (χ0v) is 14.2. The first-order valence-corrected chi connectivity index (χ1v) is 8.28. The SMILES string of the molecule is CC(=O)NC1=CC=C(c2cn(-c3ccnc4[nH]ccc34)nc2C)CC1. The van der Waals surface area contributed by atoms with Crippen LogP contribution in [0.2, 0.25) is 0 Å². The van der Waals surface area contributed by atoms with Gasteiger partial charge in [0.15, 0.2) is 0 Å². The van der Waals surface area contributed by atoms with Crippen molar-refractivity contribution in [2.45, 2.75) is 26.7 Å². The number of pyridine rings is 1. The molecular formula is C19H19N5O. The highest BCUT2D eigenvalue weighted by atomic mass is 16.1. The fourth-order valence-corrected chi connectivity index (χ4v) is 3.24. The summed E-state index contributed by atoms with van der Waals surface area (Å²) in [5, 5.41) is 8.60. The number of aromatic nitrogens is 4. The second kappa shape index (κ2) is 6.05. The minimum atomic E-state index is -0.0275. The molecule has 0 atom stereocenters. The van der Waals surface area contributed by atoms with Gasteiger partial charge < -0.3 is 10.3 Å². The molecule has 3 heterocycles. The highest BCUT2D eigenvalue weighted by Gasteiger charge is 2.15. The van der Waals surface area contributed by atoms with Gasteiger partial charge in [-0.1, -0.05) is 6.08 Å². The highest BCUT2D eigenvalue weighted by Crippen LogP contribution is 2.29. The Morgan fingerprint density at radius 2 is 2.16 bits per heavy atom. The maximum atomic E-state index is 11.2. The lowest BCUT2D eigenvalue weighted by Gasteiger charge is -2.14. The molecule has 1 aliphatic carbocycles. The second-order valence-corrected chi connectivity index (χ2v) is 6.21. The number of amides is 1. The van der Waals surface area contributed by atoms with Gasteiger partial charge in [0.1, 0.15) is 5.65 Å². The van der Waals surface area contributed by atoms with Crippen LogP contribution in [0.3, 0.4) is 0 Å². The molecule has 126 valence electrons. The van der Waals surface area contributed by atoms with Gasteiger partial charge in [0, 0.05) is 42.2 Å². The molecule has 3 aromatic rings. The van der Waals surface area contributed by atoms with Gasteiger partial charge in [-0.05, 0) is 43.5 Å². The molecular weight excluding hydrogens is 314 g/mol. The van der Waals surface area contributed by atoms with Crippen LogP contribution in [-0.4, -0.2) is 25.7 Å². The van der Waals surface area contributed by atoms with E-state index in [9.17, 15) is 4.79 Å². The Kier molecular flexibility index (Phi) is 3.72. The van der Waals surface area contributed by atoms with Crippen molar-refractivity contribution in [2.24, 2.45) is 0 Å². The van der Waals surface area contributed by atoms with Gasteiger partial charge in [-0.25, -0.2) is 9.67 Å². The van der Waals surface area contributed by atoms with Crippen LogP contribution in [0.1, 0.15) is 31.0 Å². The molecule has 0 bridgehead atoms. The third-order valence-corrected chi connectivity index (χ3v) is 4.41. The van der Waals surface area contributed by atoms with Crippen LogP contribution in [0.4, 0.5) is 0 Å². The third kappa shape index (κ3) is 2.87. The fraction of sp³-hybridized carbons (Fsp3) is 0.211. The van der Waals surface area contributed by atoms with E-state index in [2.05, 4.69) is 27.6 Å². The maximum absolute atomic E-state index is 11.2. The van der Waals surface area contributed by atoms with Gasteiger partial charge >= 0.3 is 0 Å². The first kappa shape index (κ1) is 15.4. The molecule has 25 heavy (non-hydrogen) atoms. The van der Waals surface area contributed by atoms with Crippen LogP contribution < -0.4 is 5.32 Å². The molecule has 0 aromatic carbocycles. The number of carbonyl (C=O) groups is 1. The minimum absolute atomic E-state index is 0.0275. The summed E-state index contributed by atoms with van der Waals surface area (Å²) >= 11 is 0. The summed E-state index contributed by atoms with van der Waals surface area (Å²) in [6, 6.07) is 3.98. The highest BCUT2D eigenvalue weighted by molar-refractivity contribution is 5.84. The van der Waals surface area contributed by atoms with Crippen molar-refractivity contribution in [3.05, 3.63) is 59.8 Å². The Morgan fingerprint density at radius 3 is 2.92 bits per heavy atom. The van der Waals surface area contributed by atoms with E-state index < -0.39 is 0 Å². The summed E-state index contributed by atoms with van der Waals surface area (Å²) in [6.45, 7) is 3.56. The smallest absolute Gasteiger partial charge is 0.220 e. The summed E-state index contributed by atoms with van der Waals surface area (Å²) < 4.78 is 1.91. The number of hydrogen-bond donors (Lipinski definition) is 2. The van der Waals surface area contributed by atoms with Gasteiger partial charge in [-0.3, -0.25) is 4.79 Å². The zero-order chi connectivity index (χ0) is 17.4. The van der Waals surface area contributed by atoms with Crippen LogP contribution in [0, 0.1) is 6.92 Å². The molecule has 1 aliphatic rings. The van der Waals surface area contributed by atoms with E-state index in [-0.39, 0.29) is 5.91 Å². The Balaban J connectivity index is 1.70. The average Bonchev–Trinajstić information content (AvgIpc) is 3.21. The molecule has 1 amide bonds. The number of nitrogens with one attached hydrogen (secondary N) is 2. The lowest BCUT2D eigenvalue weighted by Crippen LogP contribution is -2.19. The van der Waals surface area contributed by atoms with Crippen molar-refractivity contribution in [1.29, 1.82) is 0 Å². The predicted octanol–water partition coefficient (Wildman–Crippen LogP) is 3.25. The second-order valence-electron chi connectivity index (χ2n) is 6.21. The topological polar surface area (TPSA) is 75.6 Å². The molecule has 6 heteroatoms. The number of nitrogens with zero attached hydrogens (tertiary/aromatic N) is 3. The van der Waals surface area contributed by atoms with E-state index in [0.717, 1.165) is 46.5 Å². The summed E-state index contributed by atoms with van der Waals surface area (Å²) in [7, 11) is 0. The Hall–Kier alpha value is -3.15. The van der Waals surface area contributed by atoms with E-state index in [4.69, 9.17) is 5.10 Å². The molecule has 0 saturated carbocycles. The molecule has 0 unspecified atom stereocenters. The Bertz CT molecular complexity index is 1020. The lowest BCUT2D eigenvalue weighted by atomic mass is 9.96. The van der Waals surface area contributed by atoms with Crippen molar-refractivity contribution in [3.8, 4) is 5.69 Å². The summed E-state index contributed by atoms with van der Waals surface area (Å²) in [5.74, 6) is -0.0275. The first-order valence-electron chi connectivity index (χ1n) is 8.28. The van der Waals surface area contributed by atoms with E-state index in [1.807, 2.05) is 36.0 Å². The average molecular weight is 333 g/mol. The first-order chi connectivity index (χ1) is 12.1. The van der Waals surface area contributed by atoms with Crippen LogP contribution in [0.5, 0.6) is 0 Å². The monoisotopic (exact) mass is 333 g/mol. The largest absolute Gasteiger partial charge is 0.346 e. The minimum Gasteiger partial charge on any atom is -0.346 e. The van der Waals surface area contributed by atoms with Gasteiger partial charge in [0.2, 0.25) is 5.91 Å². The van der Waals surface area contributed by atoms with Crippen LogP contribution >= 0.6 is 0 Å².